The number of hydrogen-bond donors (Lipinski definition) is 0. The highest BCUT2D eigenvalue weighted by Gasteiger charge is 2.44. The quantitative estimate of drug-likeness (QED) is 0.285. The van der Waals surface area contributed by atoms with E-state index in [2.05, 4.69) is 75.4 Å². The molecular weight excluding hydrogens is 637 g/mol. The average molecular weight is 685 g/mol. The van der Waals surface area contributed by atoms with E-state index in [4.69, 9.17) is 24.2 Å². The number of ether oxygens (including phenoxy) is 3. The lowest BCUT2D eigenvalue weighted by Crippen LogP contribution is -2.67. The fourth-order valence-corrected chi connectivity index (χ4v) is 7.54. The average Bonchev–Trinajstić information content (AvgIpc) is 3.79. The summed E-state index contributed by atoms with van der Waals surface area (Å²) in [6.07, 6.45) is 3.70. The van der Waals surface area contributed by atoms with E-state index in [1.54, 1.807) is 7.11 Å². The number of halogens is 2. The third kappa shape index (κ3) is 7.70. The van der Waals surface area contributed by atoms with Crippen molar-refractivity contribution in [1.82, 2.24) is 24.7 Å². The van der Waals surface area contributed by atoms with Crippen molar-refractivity contribution in [3.05, 3.63) is 83.2 Å². The van der Waals surface area contributed by atoms with Gasteiger partial charge in [-0.3, -0.25) is 14.6 Å². The number of benzene rings is 2. The number of aromatic nitrogens is 2. The molecule has 7 rings (SSSR count). The minimum atomic E-state index is -0.298. The van der Waals surface area contributed by atoms with Gasteiger partial charge in [-0.15, -0.1) is 24.8 Å². The molecule has 4 fully saturated rings. The summed E-state index contributed by atoms with van der Waals surface area (Å²) in [5.74, 6) is 2.77. The lowest BCUT2D eigenvalue weighted by molar-refractivity contribution is -0.146. The largest absolute Gasteiger partial charge is 0.481 e. The van der Waals surface area contributed by atoms with Crippen molar-refractivity contribution in [1.29, 1.82) is 0 Å². The Labute approximate surface area is 290 Å². The lowest BCUT2D eigenvalue weighted by Gasteiger charge is -2.53. The van der Waals surface area contributed by atoms with Gasteiger partial charge in [-0.05, 0) is 43.7 Å². The molecular formula is C36H47Cl2N5O4. The number of piperazine rings is 2. The van der Waals surface area contributed by atoms with Gasteiger partial charge >= 0.3 is 0 Å². The fourth-order valence-electron chi connectivity index (χ4n) is 7.54. The summed E-state index contributed by atoms with van der Waals surface area (Å²) in [7, 11) is 1.69. The maximum absolute atomic E-state index is 13.5. The summed E-state index contributed by atoms with van der Waals surface area (Å²) in [6.45, 7) is 7.73. The minimum Gasteiger partial charge on any atom is -0.481 e. The second kappa shape index (κ2) is 16.0. The number of hydrogen-bond acceptors (Lipinski definition) is 8. The monoisotopic (exact) mass is 683 g/mol. The first-order chi connectivity index (χ1) is 22.1. The van der Waals surface area contributed by atoms with E-state index in [1.165, 1.54) is 11.1 Å². The van der Waals surface area contributed by atoms with Crippen LogP contribution in [-0.2, 0) is 16.1 Å². The van der Waals surface area contributed by atoms with Gasteiger partial charge in [0.15, 0.2) is 0 Å². The highest BCUT2D eigenvalue weighted by atomic mass is 35.5. The molecule has 0 N–H and O–H groups in total. The van der Waals surface area contributed by atoms with Crippen molar-refractivity contribution in [3.8, 4) is 11.8 Å². The van der Waals surface area contributed by atoms with Gasteiger partial charge in [0.1, 0.15) is 11.9 Å². The van der Waals surface area contributed by atoms with Gasteiger partial charge in [0.25, 0.3) is 5.91 Å². The molecule has 11 heteroatoms. The fraction of sp³-hybridized carbons (Fsp3) is 0.528. The third-order valence-corrected chi connectivity index (χ3v) is 9.83. The SMILES string of the molecule is CCOc1nc(C2CC2)nc(OC)c1CN1C[C@@H]2CN(C(=O)[C@H]3CCCO3)CCN2[C@H](C(c2ccccc2)c2ccccc2)C1.Cl.Cl. The van der Waals surface area contributed by atoms with E-state index >= 15 is 0 Å². The van der Waals surface area contributed by atoms with E-state index in [0.717, 1.165) is 63.3 Å². The molecule has 2 aromatic carbocycles. The summed E-state index contributed by atoms with van der Waals surface area (Å²) in [5, 5.41) is 0. The summed E-state index contributed by atoms with van der Waals surface area (Å²) in [5.41, 5.74) is 3.50. The Balaban J connectivity index is 0.00000217. The van der Waals surface area contributed by atoms with Crippen LogP contribution in [0.15, 0.2) is 60.7 Å². The predicted molar refractivity (Wildman–Crippen MR) is 186 cm³/mol. The second-order valence-corrected chi connectivity index (χ2v) is 12.8. The Bertz CT molecular complexity index is 1420. The zero-order valence-electron chi connectivity index (χ0n) is 27.3. The number of carbonyl (C=O) groups excluding carboxylic acids is 1. The molecule has 9 nitrogen and oxygen atoms in total. The van der Waals surface area contributed by atoms with Crippen LogP contribution in [0.1, 0.15) is 67.0 Å². The molecule has 0 radical (unpaired) electrons. The number of nitrogens with zero attached hydrogens (tertiary/aromatic N) is 5. The van der Waals surface area contributed by atoms with Crippen LogP contribution in [0.2, 0.25) is 0 Å². The summed E-state index contributed by atoms with van der Waals surface area (Å²) in [6, 6.07) is 22.1. The van der Waals surface area contributed by atoms with Crippen LogP contribution in [0.25, 0.3) is 0 Å². The van der Waals surface area contributed by atoms with Crippen LogP contribution in [0.5, 0.6) is 11.8 Å². The van der Waals surface area contributed by atoms with Crippen molar-refractivity contribution in [3.63, 3.8) is 0 Å². The van der Waals surface area contributed by atoms with Gasteiger partial charge in [0, 0.05) is 69.8 Å². The Kier molecular flexibility index (Phi) is 12.0. The van der Waals surface area contributed by atoms with Crippen LogP contribution in [0.4, 0.5) is 0 Å². The molecule has 0 unspecified atom stereocenters. The second-order valence-electron chi connectivity index (χ2n) is 12.8. The zero-order valence-corrected chi connectivity index (χ0v) is 29.0. The number of rotatable bonds is 10. The van der Waals surface area contributed by atoms with Crippen molar-refractivity contribution in [2.45, 2.75) is 69.2 Å². The van der Waals surface area contributed by atoms with Gasteiger partial charge in [0.2, 0.25) is 11.8 Å². The summed E-state index contributed by atoms with van der Waals surface area (Å²) >= 11 is 0. The van der Waals surface area contributed by atoms with Crippen LogP contribution in [-0.4, -0.2) is 102 Å². The smallest absolute Gasteiger partial charge is 0.251 e. The zero-order chi connectivity index (χ0) is 30.8. The Hall–Kier alpha value is -2.95. The van der Waals surface area contributed by atoms with Crippen LogP contribution >= 0.6 is 24.8 Å². The number of fused-ring (bicyclic) bond motifs is 1. The molecule has 3 atom stereocenters. The van der Waals surface area contributed by atoms with Crippen LogP contribution in [0, 0.1) is 0 Å². The molecule has 3 aliphatic heterocycles. The standard InChI is InChI=1S/C36H45N5O4.2ClH/c1-3-44-35-29(34(43-2)37-33(38-35)27-16-17-27)23-39-21-28-22-40(36(42)31-15-10-20-45-31)18-19-41(28)30(24-39)32(25-11-6-4-7-12-25)26-13-8-5-9-14-26;;/h4-9,11-14,27-28,30-32H,3,10,15-24H2,1-2H3;2*1H/t28-,30+,31-;;/m1../s1. The number of carbonyl (C=O) groups is 1. The van der Waals surface area contributed by atoms with Crippen LogP contribution in [0.3, 0.4) is 0 Å². The normalized spacial score (nSPS) is 23.0. The Morgan fingerprint density at radius 1 is 0.915 bits per heavy atom. The van der Waals surface area contributed by atoms with Crippen LogP contribution < -0.4 is 9.47 Å². The van der Waals surface area contributed by atoms with Gasteiger partial charge in [-0.25, -0.2) is 0 Å². The first kappa shape index (κ1) is 35.4. The minimum absolute atomic E-state index is 0. The van der Waals surface area contributed by atoms with Crippen molar-refractivity contribution >= 4 is 30.7 Å². The molecule has 47 heavy (non-hydrogen) atoms. The molecule has 3 saturated heterocycles. The summed E-state index contributed by atoms with van der Waals surface area (Å²) in [4.78, 5) is 30.5. The maximum atomic E-state index is 13.5. The molecule has 1 aromatic heterocycles. The van der Waals surface area contributed by atoms with Crippen molar-refractivity contribution < 1.29 is 19.0 Å². The molecule has 3 aromatic rings. The highest BCUT2D eigenvalue weighted by Crippen LogP contribution is 2.41. The number of amides is 1. The third-order valence-electron chi connectivity index (χ3n) is 9.83. The number of methoxy groups -OCH3 is 1. The van der Waals surface area contributed by atoms with E-state index in [0.29, 0.717) is 44.0 Å². The first-order valence-corrected chi connectivity index (χ1v) is 16.7. The summed E-state index contributed by atoms with van der Waals surface area (Å²) < 4.78 is 17.8. The van der Waals surface area contributed by atoms with Gasteiger partial charge < -0.3 is 19.1 Å². The first-order valence-electron chi connectivity index (χ1n) is 16.7. The molecule has 1 aliphatic carbocycles. The lowest BCUT2D eigenvalue weighted by atomic mass is 9.81. The van der Waals surface area contributed by atoms with E-state index in [9.17, 15) is 4.79 Å². The molecule has 4 aliphatic rings. The van der Waals surface area contributed by atoms with Crippen molar-refractivity contribution in [2.75, 3.05) is 53.0 Å². The molecule has 0 bridgehead atoms. The molecule has 4 heterocycles. The van der Waals surface area contributed by atoms with Gasteiger partial charge in [-0.2, -0.15) is 9.97 Å². The van der Waals surface area contributed by atoms with E-state index < -0.39 is 0 Å². The highest BCUT2D eigenvalue weighted by molar-refractivity contribution is 5.85. The predicted octanol–water partition coefficient (Wildman–Crippen LogP) is 5.31. The van der Waals surface area contributed by atoms with E-state index in [-0.39, 0.29) is 54.8 Å². The Morgan fingerprint density at radius 2 is 1.60 bits per heavy atom. The van der Waals surface area contributed by atoms with E-state index in [1.807, 2.05) is 6.92 Å². The molecule has 0 spiro atoms. The van der Waals surface area contributed by atoms with Gasteiger partial charge in [0.05, 0.1) is 19.3 Å². The maximum Gasteiger partial charge on any atom is 0.251 e. The Morgan fingerprint density at radius 3 is 2.19 bits per heavy atom. The molecule has 254 valence electrons. The van der Waals surface area contributed by atoms with Crippen molar-refractivity contribution in [2.24, 2.45) is 0 Å². The molecule has 1 amide bonds. The molecule has 1 saturated carbocycles. The topological polar surface area (TPSA) is 80.3 Å². The van der Waals surface area contributed by atoms with Gasteiger partial charge in [-0.1, -0.05) is 60.7 Å².